The van der Waals surface area contributed by atoms with Crippen LogP contribution < -0.4 is 4.74 Å². The maximum atomic E-state index is 11.2. The van der Waals surface area contributed by atoms with E-state index in [4.69, 9.17) is 4.74 Å². The number of aryl methyl sites for hydroxylation is 1. The molecular formula is C18H26O3. The first kappa shape index (κ1) is 15.9. The molecule has 0 aliphatic heterocycles. The summed E-state index contributed by atoms with van der Waals surface area (Å²) in [7, 11) is 0. The van der Waals surface area contributed by atoms with Crippen LogP contribution in [0.5, 0.6) is 5.75 Å². The van der Waals surface area contributed by atoms with Gasteiger partial charge in [0.1, 0.15) is 5.75 Å². The summed E-state index contributed by atoms with van der Waals surface area (Å²) in [5.74, 6) is 0.237. The van der Waals surface area contributed by atoms with Crippen molar-refractivity contribution in [2.45, 2.75) is 53.4 Å². The standard InChI is InChI=1S/C18H26O3/c1-5-8-21-17-9-11(2)15-7-6-14(12(3)18(19)20)10-16(15)13(17)4/h9,12,14H,5-8,10H2,1-4H3,(H,19,20). The van der Waals surface area contributed by atoms with Crippen molar-refractivity contribution in [1.29, 1.82) is 0 Å². The first-order valence-electron chi connectivity index (χ1n) is 7.93. The molecule has 0 fully saturated rings. The van der Waals surface area contributed by atoms with Crippen molar-refractivity contribution in [3.8, 4) is 5.75 Å². The predicted octanol–water partition coefficient (Wildman–Crippen LogP) is 3.92. The smallest absolute Gasteiger partial charge is 0.306 e. The van der Waals surface area contributed by atoms with Crippen LogP contribution >= 0.6 is 0 Å². The number of carboxylic acid groups (broad SMARTS) is 1. The van der Waals surface area contributed by atoms with E-state index in [1.54, 1.807) is 0 Å². The van der Waals surface area contributed by atoms with Gasteiger partial charge in [-0.2, -0.15) is 0 Å². The number of aliphatic carboxylic acids is 1. The molecule has 0 bridgehead atoms. The molecule has 0 aromatic heterocycles. The van der Waals surface area contributed by atoms with Gasteiger partial charge >= 0.3 is 5.97 Å². The summed E-state index contributed by atoms with van der Waals surface area (Å²) >= 11 is 0. The average Bonchev–Trinajstić information content (AvgIpc) is 2.48. The second kappa shape index (κ2) is 6.50. The van der Waals surface area contributed by atoms with Crippen LogP contribution in [0.2, 0.25) is 0 Å². The van der Waals surface area contributed by atoms with E-state index in [1.807, 2.05) is 6.92 Å². The Morgan fingerprint density at radius 2 is 2.14 bits per heavy atom. The van der Waals surface area contributed by atoms with Crippen molar-refractivity contribution in [3.05, 3.63) is 28.3 Å². The lowest BCUT2D eigenvalue weighted by Gasteiger charge is -2.30. The highest BCUT2D eigenvalue weighted by molar-refractivity contribution is 5.70. The fourth-order valence-corrected chi connectivity index (χ4v) is 3.31. The van der Waals surface area contributed by atoms with Crippen molar-refractivity contribution >= 4 is 5.97 Å². The summed E-state index contributed by atoms with van der Waals surface area (Å²) in [5.41, 5.74) is 5.21. The molecule has 1 N–H and O–H groups in total. The van der Waals surface area contributed by atoms with Crippen molar-refractivity contribution in [2.24, 2.45) is 11.8 Å². The molecule has 1 aromatic rings. The minimum absolute atomic E-state index is 0.231. The Labute approximate surface area is 127 Å². The Morgan fingerprint density at radius 3 is 2.76 bits per heavy atom. The van der Waals surface area contributed by atoms with Gasteiger partial charge in [-0.15, -0.1) is 0 Å². The summed E-state index contributed by atoms with van der Waals surface area (Å²) in [6.07, 6.45) is 3.81. The molecule has 1 aromatic carbocycles. The molecule has 0 saturated carbocycles. The highest BCUT2D eigenvalue weighted by Gasteiger charge is 2.30. The monoisotopic (exact) mass is 290 g/mol. The number of hydrogen-bond donors (Lipinski definition) is 1. The van der Waals surface area contributed by atoms with Crippen LogP contribution in [0, 0.1) is 25.7 Å². The molecule has 2 unspecified atom stereocenters. The number of benzene rings is 1. The quantitative estimate of drug-likeness (QED) is 0.894. The van der Waals surface area contributed by atoms with Crippen LogP contribution in [-0.4, -0.2) is 17.7 Å². The molecule has 0 spiro atoms. The Bertz CT molecular complexity index is 534. The van der Waals surface area contributed by atoms with E-state index in [2.05, 4.69) is 26.8 Å². The molecule has 0 amide bonds. The van der Waals surface area contributed by atoms with Crippen LogP contribution in [-0.2, 0) is 17.6 Å². The van der Waals surface area contributed by atoms with Gasteiger partial charge in [0.2, 0.25) is 0 Å². The molecule has 3 nitrogen and oxygen atoms in total. The van der Waals surface area contributed by atoms with Crippen molar-refractivity contribution < 1.29 is 14.6 Å². The molecule has 1 aliphatic rings. The largest absolute Gasteiger partial charge is 0.493 e. The van der Waals surface area contributed by atoms with E-state index < -0.39 is 5.97 Å². The van der Waals surface area contributed by atoms with Gasteiger partial charge in [-0.3, -0.25) is 4.79 Å². The molecule has 0 heterocycles. The van der Waals surface area contributed by atoms with Gasteiger partial charge in [0.05, 0.1) is 12.5 Å². The highest BCUT2D eigenvalue weighted by Crippen LogP contribution is 2.37. The minimum atomic E-state index is -0.684. The third-order valence-corrected chi connectivity index (χ3v) is 4.80. The van der Waals surface area contributed by atoms with Crippen molar-refractivity contribution in [2.75, 3.05) is 6.61 Å². The zero-order valence-electron chi connectivity index (χ0n) is 13.5. The second-order valence-corrected chi connectivity index (χ2v) is 6.25. The fraction of sp³-hybridized carbons (Fsp3) is 0.611. The summed E-state index contributed by atoms with van der Waals surface area (Å²) in [6, 6.07) is 2.14. The third kappa shape index (κ3) is 3.22. The van der Waals surface area contributed by atoms with E-state index in [0.717, 1.165) is 38.0 Å². The lowest BCUT2D eigenvalue weighted by Crippen LogP contribution is -2.27. The summed E-state index contributed by atoms with van der Waals surface area (Å²) in [5, 5.41) is 9.25. The lowest BCUT2D eigenvalue weighted by atomic mass is 9.75. The molecule has 0 radical (unpaired) electrons. The molecule has 21 heavy (non-hydrogen) atoms. The maximum Gasteiger partial charge on any atom is 0.306 e. The lowest BCUT2D eigenvalue weighted by molar-refractivity contribution is -0.143. The summed E-state index contributed by atoms with van der Waals surface area (Å²) in [6.45, 7) is 8.91. The topological polar surface area (TPSA) is 46.5 Å². The molecular weight excluding hydrogens is 264 g/mol. The zero-order chi connectivity index (χ0) is 15.6. The van der Waals surface area contributed by atoms with Crippen molar-refractivity contribution in [1.82, 2.24) is 0 Å². The first-order chi connectivity index (χ1) is 9.95. The molecule has 116 valence electrons. The van der Waals surface area contributed by atoms with Crippen LogP contribution in [0.4, 0.5) is 0 Å². The molecule has 2 rings (SSSR count). The second-order valence-electron chi connectivity index (χ2n) is 6.25. The number of carbonyl (C=O) groups is 1. The number of carboxylic acids is 1. The van der Waals surface area contributed by atoms with E-state index in [9.17, 15) is 9.90 Å². The Balaban J connectivity index is 2.32. The Hall–Kier alpha value is -1.51. The van der Waals surface area contributed by atoms with Gasteiger partial charge in [-0.05, 0) is 73.8 Å². The van der Waals surface area contributed by atoms with Crippen LogP contribution in [0.1, 0.15) is 48.9 Å². The van der Waals surface area contributed by atoms with Gasteiger partial charge in [-0.25, -0.2) is 0 Å². The van der Waals surface area contributed by atoms with Gasteiger partial charge < -0.3 is 9.84 Å². The zero-order valence-corrected chi connectivity index (χ0v) is 13.5. The molecule has 1 aliphatic carbocycles. The summed E-state index contributed by atoms with van der Waals surface area (Å²) in [4.78, 5) is 11.2. The Morgan fingerprint density at radius 1 is 1.43 bits per heavy atom. The SMILES string of the molecule is CCCOc1cc(C)c2c(c1C)CC(C(C)C(=O)O)CC2. The van der Waals surface area contributed by atoms with Gasteiger partial charge in [0.15, 0.2) is 0 Å². The van der Waals surface area contributed by atoms with E-state index in [1.165, 1.54) is 22.3 Å². The average molecular weight is 290 g/mol. The Kier molecular flexibility index (Phi) is 4.92. The highest BCUT2D eigenvalue weighted by atomic mass is 16.5. The fourth-order valence-electron chi connectivity index (χ4n) is 3.31. The van der Waals surface area contributed by atoms with Crippen LogP contribution in [0.15, 0.2) is 6.07 Å². The van der Waals surface area contributed by atoms with Crippen LogP contribution in [0.25, 0.3) is 0 Å². The normalized spacial score (nSPS) is 19.0. The first-order valence-corrected chi connectivity index (χ1v) is 7.93. The third-order valence-electron chi connectivity index (χ3n) is 4.80. The minimum Gasteiger partial charge on any atom is -0.493 e. The van der Waals surface area contributed by atoms with Crippen LogP contribution in [0.3, 0.4) is 0 Å². The van der Waals surface area contributed by atoms with Gasteiger partial charge in [-0.1, -0.05) is 13.8 Å². The van der Waals surface area contributed by atoms with E-state index in [0.29, 0.717) is 0 Å². The van der Waals surface area contributed by atoms with Gasteiger partial charge in [0.25, 0.3) is 0 Å². The van der Waals surface area contributed by atoms with E-state index in [-0.39, 0.29) is 11.8 Å². The van der Waals surface area contributed by atoms with E-state index >= 15 is 0 Å². The molecule has 2 atom stereocenters. The van der Waals surface area contributed by atoms with Crippen molar-refractivity contribution in [3.63, 3.8) is 0 Å². The number of rotatable bonds is 5. The number of ether oxygens (including phenoxy) is 1. The number of fused-ring (bicyclic) bond motifs is 1. The predicted molar refractivity (Wildman–Crippen MR) is 84.0 cm³/mol. The molecule has 0 saturated heterocycles. The number of hydrogen-bond acceptors (Lipinski definition) is 2. The van der Waals surface area contributed by atoms with Gasteiger partial charge in [0, 0.05) is 0 Å². The molecule has 3 heteroatoms. The summed E-state index contributed by atoms with van der Waals surface area (Å²) < 4.78 is 5.86. The maximum absolute atomic E-state index is 11.2.